The van der Waals surface area contributed by atoms with Crippen LogP contribution in [0.25, 0.3) is 11.0 Å². The minimum Gasteiger partial charge on any atom is -0.372 e. The molecule has 0 saturated carbocycles. The third kappa shape index (κ3) is 3.41. The number of hydrogen-bond donors (Lipinski definition) is 1. The zero-order valence-corrected chi connectivity index (χ0v) is 14.8. The van der Waals surface area contributed by atoms with Gasteiger partial charge in [-0.1, -0.05) is 6.42 Å². The van der Waals surface area contributed by atoms with Crippen LogP contribution in [-0.2, 0) is 17.9 Å². The predicted octanol–water partition coefficient (Wildman–Crippen LogP) is 2.17. The summed E-state index contributed by atoms with van der Waals surface area (Å²) in [6.45, 7) is 7.12. The van der Waals surface area contributed by atoms with E-state index in [1.54, 1.807) is 0 Å². The number of fused-ring (bicyclic) bond motifs is 3. The number of rotatable bonds is 4. The molecular formula is C19H26N4O2. The minimum absolute atomic E-state index is 0.0196. The van der Waals surface area contributed by atoms with E-state index < -0.39 is 0 Å². The maximum Gasteiger partial charge on any atom is 0.251 e. The molecule has 1 aromatic carbocycles. The molecule has 0 radical (unpaired) electrons. The van der Waals surface area contributed by atoms with Crippen LogP contribution in [0.2, 0.25) is 0 Å². The van der Waals surface area contributed by atoms with Gasteiger partial charge in [-0.25, -0.2) is 4.98 Å². The second-order valence-corrected chi connectivity index (χ2v) is 7.07. The van der Waals surface area contributed by atoms with Crippen LogP contribution in [0, 0.1) is 0 Å². The standard InChI is InChI=1S/C19H26N4O2/c1-14-4-2-3-8-22(14)9-7-20-19(24)15-5-6-17-16(12-15)21-18-13-25-11-10-23(17)18/h5-6,12,14H,2-4,7-11,13H2,1H3,(H,20,24). The van der Waals surface area contributed by atoms with E-state index in [4.69, 9.17) is 4.74 Å². The molecule has 1 amide bonds. The van der Waals surface area contributed by atoms with Crippen LogP contribution in [0.1, 0.15) is 42.4 Å². The summed E-state index contributed by atoms with van der Waals surface area (Å²) >= 11 is 0. The lowest BCUT2D eigenvalue weighted by molar-refractivity contribution is 0.0830. The first-order chi connectivity index (χ1) is 12.2. The van der Waals surface area contributed by atoms with E-state index in [0.29, 0.717) is 24.8 Å². The first-order valence-corrected chi connectivity index (χ1v) is 9.31. The van der Waals surface area contributed by atoms with Gasteiger partial charge in [0.1, 0.15) is 12.4 Å². The maximum atomic E-state index is 12.5. The van der Waals surface area contributed by atoms with Gasteiger partial charge in [-0.3, -0.25) is 9.69 Å². The molecule has 6 nitrogen and oxygen atoms in total. The van der Waals surface area contributed by atoms with Crippen molar-refractivity contribution in [2.75, 3.05) is 26.2 Å². The number of carbonyl (C=O) groups excluding carboxylic acids is 1. The second kappa shape index (κ2) is 7.14. The number of hydrogen-bond acceptors (Lipinski definition) is 4. The summed E-state index contributed by atoms with van der Waals surface area (Å²) in [5.74, 6) is 0.923. The van der Waals surface area contributed by atoms with Gasteiger partial charge in [0.15, 0.2) is 0 Å². The Hall–Kier alpha value is -1.92. The van der Waals surface area contributed by atoms with Crippen molar-refractivity contribution in [3.8, 4) is 0 Å². The van der Waals surface area contributed by atoms with Crippen molar-refractivity contribution in [3.63, 3.8) is 0 Å². The Bertz CT molecular complexity index is 770. The molecule has 3 heterocycles. The molecule has 2 aromatic rings. The van der Waals surface area contributed by atoms with Gasteiger partial charge in [-0.2, -0.15) is 0 Å². The SMILES string of the molecule is CC1CCCCN1CCNC(=O)c1ccc2c(c1)nc1n2CCOC1. The summed E-state index contributed by atoms with van der Waals surface area (Å²) in [7, 11) is 0. The number of amides is 1. The van der Waals surface area contributed by atoms with E-state index >= 15 is 0 Å². The van der Waals surface area contributed by atoms with Crippen LogP contribution >= 0.6 is 0 Å². The fraction of sp³-hybridized carbons (Fsp3) is 0.579. The maximum absolute atomic E-state index is 12.5. The summed E-state index contributed by atoms with van der Waals surface area (Å²) in [6.07, 6.45) is 3.85. The van der Waals surface area contributed by atoms with E-state index in [2.05, 4.69) is 26.7 Å². The Morgan fingerprint density at radius 3 is 3.16 bits per heavy atom. The van der Waals surface area contributed by atoms with Gasteiger partial charge in [-0.05, 0) is 44.5 Å². The Morgan fingerprint density at radius 2 is 2.28 bits per heavy atom. The second-order valence-electron chi connectivity index (χ2n) is 7.07. The molecule has 0 aliphatic carbocycles. The molecule has 25 heavy (non-hydrogen) atoms. The van der Waals surface area contributed by atoms with Gasteiger partial charge in [0.05, 0.1) is 17.6 Å². The Morgan fingerprint density at radius 1 is 1.36 bits per heavy atom. The average Bonchev–Trinajstić information content (AvgIpc) is 3.01. The summed E-state index contributed by atoms with van der Waals surface area (Å²) in [5, 5.41) is 3.05. The fourth-order valence-electron chi connectivity index (χ4n) is 3.90. The van der Waals surface area contributed by atoms with Crippen molar-refractivity contribution in [1.29, 1.82) is 0 Å². The van der Waals surface area contributed by atoms with Gasteiger partial charge < -0.3 is 14.6 Å². The summed E-state index contributed by atoms with van der Waals surface area (Å²) in [4.78, 5) is 19.5. The number of benzene rings is 1. The van der Waals surface area contributed by atoms with E-state index in [9.17, 15) is 4.79 Å². The first kappa shape index (κ1) is 16.5. The van der Waals surface area contributed by atoms with E-state index in [1.165, 1.54) is 19.3 Å². The number of carbonyl (C=O) groups is 1. The monoisotopic (exact) mass is 342 g/mol. The van der Waals surface area contributed by atoms with Crippen molar-refractivity contribution in [2.24, 2.45) is 0 Å². The molecule has 0 bridgehead atoms. The van der Waals surface area contributed by atoms with Crippen LogP contribution in [0.15, 0.2) is 18.2 Å². The van der Waals surface area contributed by atoms with Crippen LogP contribution in [0.4, 0.5) is 0 Å². The van der Waals surface area contributed by atoms with Crippen molar-refractivity contribution >= 4 is 16.9 Å². The van der Waals surface area contributed by atoms with Gasteiger partial charge in [0, 0.05) is 31.2 Å². The largest absolute Gasteiger partial charge is 0.372 e. The fourth-order valence-corrected chi connectivity index (χ4v) is 3.90. The predicted molar refractivity (Wildman–Crippen MR) is 96.6 cm³/mol. The van der Waals surface area contributed by atoms with Crippen LogP contribution < -0.4 is 5.32 Å². The van der Waals surface area contributed by atoms with E-state index in [0.717, 1.165) is 43.1 Å². The van der Waals surface area contributed by atoms with Crippen molar-refractivity contribution in [2.45, 2.75) is 45.4 Å². The minimum atomic E-state index is -0.0196. The third-order valence-electron chi connectivity index (χ3n) is 5.41. The molecule has 1 fully saturated rings. The van der Waals surface area contributed by atoms with E-state index in [-0.39, 0.29) is 5.91 Å². The van der Waals surface area contributed by atoms with Crippen LogP contribution in [0.3, 0.4) is 0 Å². The first-order valence-electron chi connectivity index (χ1n) is 9.31. The molecule has 2 aliphatic heterocycles. The quantitative estimate of drug-likeness (QED) is 0.925. The van der Waals surface area contributed by atoms with E-state index in [1.807, 2.05) is 18.2 Å². The number of piperidine rings is 1. The summed E-state index contributed by atoms with van der Waals surface area (Å²) < 4.78 is 7.63. The van der Waals surface area contributed by atoms with Crippen molar-refractivity contribution in [1.82, 2.24) is 19.8 Å². The van der Waals surface area contributed by atoms with Crippen LogP contribution in [0.5, 0.6) is 0 Å². The average molecular weight is 342 g/mol. The number of nitrogens with zero attached hydrogens (tertiary/aromatic N) is 3. The molecule has 1 unspecified atom stereocenters. The number of ether oxygens (including phenoxy) is 1. The number of likely N-dealkylation sites (tertiary alicyclic amines) is 1. The molecular weight excluding hydrogens is 316 g/mol. The normalized spacial score (nSPS) is 21.2. The lowest BCUT2D eigenvalue weighted by atomic mass is 10.0. The van der Waals surface area contributed by atoms with Crippen LogP contribution in [-0.4, -0.2) is 52.6 Å². The summed E-state index contributed by atoms with van der Waals surface area (Å²) in [5.41, 5.74) is 2.63. The zero-order chi connectivity index (χ0) is 17.2. The zero-order valence-electron chi connectivity index (χ0n) is 14.8. The number of aromatic nitrogens is 2. The molecule has 0 spiro atoms. The number of nitrogens with one attached hydrogen (secondary N) is 1. The Labute approximate surface area is 148 Å². The highest BCUT2D eigenvalue weighted by molar-refractivity contribution is 5.97. The Balaban J connectivity index is 1.40. The topological polar surface area (TPSA) is 59.4 Å². The lowest BCUT2D eigenvalue weighted by Crippen LogP contribution is -2.42. The van der Waals surface area contributed by atoms with Gasteiger partial charge in [0.25, 0.3) is 5.91 Å². The highest BCUT2D eigenvalue weighted by Crippen LogP contribution is 2.21. The Kier molecular flexibility index (Phi) is 4.72. The highest BCUT2D eigenvalue weighted by Gasteiger charge is 2.19. The molecule has 1 N–H and O–H groups in total. The molecule has 6 heteroatoms. The smallest absolute Gasteiger partial charge is 0.251 e. The molecule has 4 rings (SSSR count). The van der Waals surface area contributed by atoms with Gasteiger partial charge in [0.2, 0.25) is 0 Å². The van der Waals surface area contributed by atoms with Gasteiger partial charge in [-0.15, -0.1) is 0 Å². The highest BCUT2D eigenvalue weighted by atomic mass is 16.5. The molecule has 1 aromatic heterocycles. The molecule has 134 valence electrons. The van der Waals surface area contributed by atoms with Gasteiger partial charge >= 0.3 is 0 Å². The molecule has 1 atom stereocenters. The van der Waals surface area contributed by atoms with Crippen molar-refractivity contribution in [3.05, 3.63) is 29.6 Å². The van der Waals surface area contributed by atoms with Crippen molar-refractivity contribution < 1.29 is 9.53 Å². The lowest BCUT2D eigenvalue weighted by Gasteiger charge is -2.33. The number of imidazole rings is 1. The third-order valence-corrected chi connectivity index (χ3v) is 5.41. The summed E-state index contributed by atoms with van der Waals surface area (Å²) in [6, 6.07) is 6.41. The molecule has 1 saturated heterocycles. The molecule has 2 aliphatic rings.